The number of carboxylic acids is 1. The molecule has 0 radical (unpaired) electrons. The van der Waals surface area contributed by atoms with Gasteiger partial charge in [0.2, 0.25) is 0 Å². The quantitative estimate of drug-likeness (QED) is 0.310. The second-order valence-corrected chi connectivity index (χ2v) is 10.8. The van der Waals surface area contributed by atoms with E-state index in [4.69, 9.17) is 22.1 Å². The zero-order valence-electron chi connectivity index (χ0n) is 20.5. The highest BCUT2D eigenvalue weighted by atomic mass is 35.5. The van der Waals surface area contributed by atoms with Crippen LogP contribution >= 0.6 is 23.4 Å². The van der Waals surface area contributed by atoms with Gasteiger partial charge in [0, 0.05) is 41.4 Å². The van der Waals surface area contributed by atoms with Crippen LogP contribution in [0.5, 0.6) is 5.75 Å². The number of methoxy groups -OCH3 is 1. The second-order valence-electron chi connectivity index (χ2n) is 9.30. The minimum atomic E-state index is -0.829. The van der Waals surface area contributed by atoms with Crippen molar-refractivity contribution in [3.63, 3.8) is 0 Å². The SMILES string of the molecule is COc1ccc2ncc(Cl)c([C@H](N)CCC3CCN(CCSc4cc(F)ccc4F)CC3C(=O)O)c2c1. The molecule has 2 heterocycles. The molecule has 0 aliphatic carbocycles. The average Bonchev–Trinajstić information content (AvgIpc) is 2.89. The molecule has 3 atom stereocenters. The molecule has 37 heavy (non-hydrogen) atoms. The molecule has 2 unspecified atom stereocenters. The number of hydrogen-bond donors (Lipinski definition) is 2. The number of nitrogens with two attached hydrogens (primary N) is 1. The molecule has 1 saturated heterocycles. The molecule has 0 amide bonds. The fourth-order valence-corrected chi connectivity index (χ4v) is 6.24. The zero-order chi connectivity index (χ0) is 26.5. The van der Waals surface area contributed by atoms with Gasteiger partial charge in [-0.25, -0.2) is 8.78 Å². The molecule has 1 aliphatic rings. The van der Waals surface area contributed by atoms with Crippen LogP contribution in [0.3, 0.4) is 0 Å². The number of likely N-dealkylation sites (tertiary alicyclic amines) is 1. The standard InChI is InChI=1S/C27H30ClF2N3O3S/c1-36-18-4-7-24-19(13-18)26(21(28)14-32-24)23(31)6-2-16-8-9-33(15-20(16)27(34)35)10-11-37-25-12-17(29)3-5-22(25)30/h3-5,7,12-14,16,20,23H,2,6,8-11,15,31H2,1H3,(H,34,35)/t16?,20?,23-/m1/s1. The van der Waals surface area contributed by atoms with Crippen LogP contribution in [0.2, 0.25) is 5.02 Å². The third-order valence-electron chi connectivity index (χ3n) is 7.00. The van der Waals surface area contributed by atoms with E-state index in [0.717, 1.165) is 41.6 Å². The Bertz CT molecular complexity index is 1270. The maximum atomic E-state index is 13.9. The van der Waals surface area contributed by atoms with Crippen molar-refractivity contribution in [1.82, 2.24) is 9.88 Å². The van der Waals surface area contributed by atoms with Crippen molar-refractivity contribution < 1.29 is 23.4 Å². The zero-order valence-corrected chi connectivity index (χ0v) is 22.1. The molecule has 198 valence electrons. The van der Waals surface area contributed by atoms with Crippen molar-refractivity contribution in [2.75, 3.05) is 32.5 Å². The summed E-state index contributed by atoms with van der Waals surface area (Å²) in [7, 11) is 1.59. The van der Waals surface area contributed by atoms with Crippen molar-refractivity contribution in [2.24, 2.45) is 17.6 Å². The van der Waals surface area contributed by atoms with Gasteiger partial charge in [-0.15, -0.1) is 11.8 Å². The number of fused-ring (bicyclic) bond motifs is 1. The van der Waals surface area contributed by atoms with Gasteiger partial charge in [-0.1, -0.05) is 11.6 Å². The first-order valence-corrected chi connectivity index (χ1v) is 13.5. The van der Waals surface area contributed by atoms with Crippen LogP contribution in [0.1, 0.15) is 30.9 Å². The molecule has 1 aliphatic heterocycles. The molecule has 0 saturated carbocycles. The van der Waals surface area contributed by atoms with Gasteiger partial charge in [0.05, 0.1) is 23.6 Å². The van der Waals surface area contributed by atoms with E-state index in [1.807, 2.05) is 18.2 Å². The number of carboxylic acid groups (broad SMARTS) is 1. The summed E-state index contributed by atoms with van der Waals surface area (Å²) in [5, 5.41) is 11.2. The molecule has 2 aromatic carbocycles. The maximum Gasteiger partial charge on any atom is 0.308 e. The Morgan fingerprint density at radius 2 is 2.14 bits per heavy atom. The van der Waals surface area contributed by atoms with Gasteiger partial charge in [0.15, 0.2) is 0 Å². The van der Waals surface area contributed by atoms with Crippen LogP contribution in [-0.4, -0.2) is 53.5 Å². The van der Waals surface area contributed by atoms with Gasteiger partial charge in [0.1, 0.15) is 17.4 Å². The number of nitrogens with zero attached hydrogens (tertiary/aromatic N) is 2. The number of aromatic nitrogens is 1. The van der Waals surface area contributed by atoms with E-state index in [-0.39, 0.29) is 16.9 Å². The first kappa shape index (κ1) is 27.6. The predicted octanol–water partition coefficient (Wildman–Crippen LogP) is 5.77. The number of carbonyl (C=O) groups is 1. The van der Waals surface area contributed by atoms with Crippen molar-refractivity contribution in [1.29, 1.82) is 0 Å². The molecule has 10 heteroatoms. The van der Waals surface area contributed by atoms with Crippen molar-refractivity contribution >= 4 is 40.2 Å². The molecule has 3 aromatic rings. The summed E-state index contributed by atoms with van der Waals surface area (Å²) >= 11 is 7.73. The van der Waals surface area contributed by atoms with E-state index < -0.39 is 23.5 Å². The monoisotopic (exact) mass is 549 g/mol. The summed E-state index contributed by atoms with van der Waals surface area (Å²) < 4.78 is 32.6. The lowest BCUT2D eigenvalue weighted by Crippen LogP contribution is -2.44. The van der Waals surface area contributed by atoms with E-state index in [9.17, 15) is 18.7 Å². The number of hydrogen-bond acceptors (Lipinski definition) is 6. The highest BCUT2D eigenvalue weighted by molar-refractivity contribution is 7.99. The number of halogens is 3. The largest absolute Gasteiger partial charge is 0.497 e. The smallest absolute Gasteiger partial charge is 0.308 e. The fraction of sp³-hybridized carbons (Fsp3) is 0.407. The Balaban J connectivity index is 1.36. The predicted molar refractivity (Wildman–Crippen MR) is 142 cm³/mol. The van der Waals surface area contributed by atoms with E-state index in [0.29, 0.717) is 42.5 Å². The van der Waals surface area contributed by atoms with Gasteiger partial charge < -0.3 is 20.5 Å². The van der Waals surface area contributed by atoms with Crippen LogP contribution in [0.15, 0.2) is 47.5 Å². The molecule has 3 N–H and O–H groups in total. The van der Waals surface area contributed by atoms with Crippen molar-refractivity contribution in [2.45, 2.75) is 30.2 Å². The number of ether oxygens (including phenoxy) is 1. The van der Waals surface area contributed by atoms with E-state index in [2.05, 4.69) is 9.88 Å². The number of aliphatic carboxylic acids is 1. The lowest BCUT2D eigenvalue weighted by atomic mass is 9.81. The summed E-state index contributed by atoms with van der Waals surface area (Å²) in [6.45, 7) is 1.75. The summed E-state index contributed by atoms with van der Waals surface area (Å²) in [4.78, 5) is 18.8. The third kappa shape index (κ3) is 6.71. The topological polar surface area (TPSA) is 88.7 Å². The van der Waals surface area contributed by atoms with Gasteiger partial charge in [-0.3, -0.25) is 9.78 Å². The number of piperidine rings is 1. The summed E-state index contributed by atoms with van der Waals surface area (Å²) in [6.07, 6.45) is 3.55. The lowest BCUT2D eigenvalue weighted by molar-refractivity contribution is -0.146. The van der Waals surface area contributed by atoms with Crippen molar-refractivity contribution in [3.05, 3.63) is 64.8 Å². The van der Waals surface area contributed by atoms with Crippen LogP contribution in [0.4, 0.5) is 8.78 Å². The Kier molecular flexibility index (Phi) is 9.23. The second kappa shape index (κ2) is 12.4. The van der Waals surface area contributed by atoms with Gasteiger partial charge in [-0.2, -0.15) is 0 Å². The number of benzene rings is 2. The molecular weight excluding hydrogens is 520 g/mol. The highest BCUT2D eigenvalue weighted by Gasteiger charge is 2.34. The molecule has 4 rings (SSSR count). The first-order valence-electron chi connectivity index (χ1n) is 12.2. The Hall–Kier alpha value is -2.46. The number of pyridine rings is 1. The van der Waals surface area contributed by atoms with E-state index in [1.54, 1.807) is 13.3 Å². The molecule has 0 bridgehead atoms. The maximum absolute atomic E-state index is 13.9. The fourth-order valence-electron chi connectivity index (χ4n) is 4.98. The van der Waals surface area contributed by atoms with Crippen LogP contribution in [-0.2, 0) is 4.79 Å². The molecule has 0 spiro atoms. The average molecular weight is 550 g/mol. The summed E-state index contributed by atoms with van der Waals surface area (Å²) in [5.74, 6) is -1.08. The van der Waals surface area contributed by atoms with Gasteiger partial charge in [-0.05, 0) is 73.7 Å². The molecular formula is C27H30ClF2N3O3S. The lowest BCUT2D eigenvalue weighted by Gasteiger charge is -2.37. The Labute approximate surface area is 224 Å². The van der Waals surface area contributed by atoms with Crippen LogP contribution < -0.4 is 10.5 Å². The van der Waals surface area contributed by atoms with Crippen LogP contribution in [0, 0.1) is 23.5 Å². The Morgan fingerprint density at radius 3 is 2.89 bits per heavy atom. The van der Waals surface area contributed by atoms with Gasteiger partial charge >= 0.3 is 5.97 Å². The Morgan fingerprint density at radius 1 is 1.32 bits per heavy atom. The number of rotatable bonds is 10. The van der Waals surface area contributed by atoms with E-state index in [1.165, 1.54) is 17.8 Å². The minimum Gasteiger partial charge on any atom is -0.497 e. The first-order chi connectivity index (χ1) is 17.8. The molecule has 1 aromatic heterocycles. The number of thioether (sulfide) groups is 1. The summed E-state index contributed by atoms with van der Waals surface area (Å²) in [5.41, 5.74) is 8.15. The highest BCUT2D eigenvalue weighted by Crippen LogP contribution is 2.36. The summed E-state index contributed by atoms with van der Waals surface area (Å²) in [6, 6.07) is 8.58. The van der Waals surface area contributed by atoms with Gasteiger partial charge in [0.25, 0.3) is 0 Å². The molecule has 1 fully saturated rings. The van der Waals surface area contributed by atoms with Crippen molar-refractivity contribution in [3.8, 4) is 5.75 Å². The van der Waals surface area contributed by atoms with Crippen LogP contribution in [0.25, 0.3) is 10.9 Å². The normalized spacial score (nSPS) is 19.2. The third-order valence-corrected chi connectivity index (χ3v) is 8.31. The minimum absolute atomic E-state index is 0.0190. The van der Waals surface area contributed by atoms with E-state index >= 15 is 0 Å². The molecule has 6 nitrogen and oxygen atoms in total.